The lowest BCUT2D eigenvalue weighted by Crippen LogP contribution is -2.53. The van der Waals surface area contributed by atoms with Gasteiger partial charge in [0, 0.05) is 6.42 Å². The summed E-state index contributed by atoms with van der Waals surface area (Å²) in [7, 11) is 1.27. The van der Waals surface area contributed by atoms with Gasteiger partial charge in [0.1, 0.15) is 17.7 Å². The molecule has 0 aliphatic carbocycles. The number of benzene rings is 1. The highest BCUT2D eigenvalue weighted by molar-refractivity contribution is 5.89. The number of esters is 1. The molecule has 1 aromatic rings. The normalized spacial score (nSPS) is 13.4. The predicted molar refractivity (Wildman–Crippen MR) is 107 cm³/mol. The average Bonchev–Trinajstić information content (AvgIpc) is 2.58. The highest BCUT2D eigenvalue weighted by atomic mass is 16.6. The van der Waals surface area contributed by atoms with Gasteiger partial charge in [-0.3, -0.25) is 4.79 Å². The van der Waals surface area contributed by atoms with Crippen molar-refractivity contribution >= 4 is 18.0 Å². The Hall–Kier alpha value is -2.57. The summed E-state index contributed by atoms with van der Waals surface area (Å²) in [4.78, 5) is 37.1. The van der Waals surface area contributed by atoms with Crippen molar-refractivity contribution in [2.24, 2.45) is 5.92 Å². The molecule has 1 aromatic carbocycles. The van der Waals surface area contributed by atoms with E-state index in [1.165, 1.54) is 7.11 Å². The van der Waals surface area contributed by atoms with E-state index < -0.39 is 35.7 Å². The van der Waals surface area contributed by atoms with Crippen LogP contribution in [0, 0.1) is 5.92 Å². The Morgan fingerprint density at radius 2 is 1.61 bits per heavy atom. The van der Waals surface area contributed by atoms with Gasteiger partial charge in [0.25, 0.3) is 0 Å². The minimum absolute atomic E-state index is 0.149. The van der Waals surface area contributed by atoms with E-state index >= 15 is 0 Å². The molecule has 0 unspecified atom stereocenters. The Labute approximate surface area is 167 Å². The van der Waals surface area contributed by atoms with Crippen LogP contribution in [0.1, 0.15) is 46.6 Å². The number of hydrogen-bond donors (Lipinski definition) is 2. The fourth-order valence-electron chi connectivity index (χ4n) is 2.61. The smallest absolute Gasteiger partial charge is 0.408 e. The maximum absolute atomic E-state index is 12.8. The summed E-state index contributed by atoms with van der Waals surface area (Å²) < 4.78 is 10.1. The molecule has 0 radical (unpaired) electrons. The SMILES string of the molecule is COC(=O)[C@@H](Cc1ccccc1)NC(=O)[C@H](CC(C)C)NC(=O)OC(C)(C)C. The minimum Gasteiger partial charge on any atom is -0.467 e. The van der Waals surface area contributed by atoms with Crippen molar-refractivity contribution in [3.8, 4) is 0 Å². The van der Waals surface area contributed by atoms with Crippen LogP contribution < -0.4 is 10.6 Å². The van der Waals surface area contributed by atoms with Gasteiger partial charge in [-0.05, 0) is 38.7 Å². The third-order valence-electron chi connectivity index (χ3n) is 3.80. The highest BCUT2D eigenvalue weighted by Crippen LogP contribution is 2.11. The number of ether oxygens (including phenoxy) is 2. The van der Waals surface area contributed by atoms with Gasteiger partial charge in [0.2, 0.25) is 5.91 Å². The molecule has 0 aromatic heterocycles. The van der Waals surface area contributed by atoms with Crippen LogP contribution in [-0.4, -0.2) is 42.8 Å². The van der Waals surface area contributed by atoms with Gasteiger partial charge in [0.15, 0.2) is 0 Å². The van der Waals surface area contributed by atoms with Crippen LogP contribution in [0.25, 0.3) is 0 Å². The van der Waals surface area contributed by atoms with Crippen molar-refractivity contribution in [1.29, 1.82) is 0 Å². The average molecular weight is 392 g/mol. The predicted octanol–water partition coefficient (Wildman–Crippen LogP) is 2.83. The first kappa shape index (κ1) is 23.5. The molecule has 0 bridgehead atoms. The zero-order valence-corrected chi connectivity index (χ0v) is 17.6. The standard InChI is InChI=1S/C21H32N2O5/c1-14(2)12-16(23-20(26)28-21(3,4)5)18(24)22-17(19(25)27-6)13-15-10-8-7-9-11-15/h7-11,14,16-17H,12-13H2,1-6H3,(H,22,24)(H,23,26)/t16-,17+/m0/s1. The van der Waals surface area contributed by atoms with Gasteiger partial charge in [-0.1, -0.05) is 44.2 Å². The fourth-order valence-corrected chi connectivity index (χ4v) is 2.61. The van der Waals surface area contributed by atoms with E-state index in [0.717, 1.165) is 5.56 Å². The lowest BCUT2D eigenvalue weighted by atomic mass is 10.0. The number of carbonyl (C=O) groups excluding carboxylic acids is 3. The Morgan fingerprint density at radius 3 is 2.11 bits per heavy atom. The van der Waals surface area contributed by atoms with Gasteiger partial charge in [-0.15, -0.1) is 0 Å². The van der Waals surface area contributed by atoms with Gasteiger partial charge >= 0.3 is 12.1 Å². The van der Waals surface area contributed by atoms with Gasteiger partial charge in [0.05, 0.1) is 7.11 Å². The molecule has 2 N–H and O–H groups in total. The molecule has 0 saturated heterocycles. The first-order valence-electron chi connectivity index (χ1n) is 9.43. The molecule has 0 fully saturated rings. The van der Waals surface area contributed by atoms with Crippen LogP contribution >= 0.6 is 0 Å². The topological polar surface area (TPSA) is 93.7 Å². The van der Waals surface area contributed by atoms with Crippen molar-refractivity contribution in [2.45, 2.75) is 65.1 Å². The van der Waals surface area contributed by atoms with Crippen molar-refractivity contribution in [3.63, 3.8) is 0 Å². The summed E-state index contributed by atoms with van der Waals surface area (Å²) in [5.74, 6) is -0.847. The second-order valence-corrected chi connectivity index (χ2v) is 8.10. The summed E-state index contributed by atoms with van der Waals surface area (Å²) in [6, 6.07) is 7.65. The molecular weight excluding hydrogens is 360 g/mol. The molecule has 2 amide bonds. The molecule has 0 aliphatic heterocycles. The zero-order valence-electron chi connectivity index (χ0n) is 17.6. The number of carbonyl (C=O) groups is 3. The Kier molecular flexibility index (Phi) is 8.96. The molecule has 0 aliphatic rings. The minimum atomic E-state index is -0.852. The fraction of sp³-hybridized carbons (Fsp3) is 0.571. The quantitative estimate of drug-likeness (QED) is 0.664. The maximum Gasteiger partial charge on any atom is 0.408 e. The third kappa shape index (κ3) is 8.88. The largest absolute Gasteiger partial charge is 0.467 e. The van der Waals surface area contributed by atoms with Crippen LogP contribution in [0.4, 0.5) is 4.79 Å². The third-order valence-corrected chi connectivity index (χ3v) is 3.80. The zero-order chi connectivity index (χ0) is 21.3. The van der Waals surface area contributed by atoms with E-state index in [9.17, 15) is 14.4 Å². The van der Waals surface area contributed by atoms with Crippen molar-refractivity contribution in [1.82, 2.24) is 10.6 Å². The molecule has 0 heterocycles. The number of hydrogen-bond acceptors (Lipinski definition) is 5. The number of rotatable bonds is 8. The summed E-state index contributed by atoms with van der Waals surface area (Å²) in [5, 5.41) is 5.31. The molecule has 7 heteroatoms. The Bertz CT molecular complexity index is 653. The van der Waals surface area contributed by atoms with Crippen molar-refractivity contribution in [2.75, 3.05) is 7.11 Å². The summed E-state index contributed by atoms with van der Waals surface area (Å²) in [6.45, 7) is 9.13. The summed E-state index contributed by atoms with van der Waals surface area (Å²) >= 11 is 0. The molecule has 0 saturated carbocycles. The number of amides is 2. The lowest BCUT2D eigenvalue weighted by molar-refractivity contribution is -0.145. The molecule has 156 valence electrons. The first-order chi connectivity index (χ1) is 13.0. The second kappa shape index (κ2) is 10.7. The van der Waals surface area contributed by atoms with E-state index in [-0.39, 0.29) is 5.92 Å². The first-order valence-corrected chi connectivity index (χ1v) is 9.43. The van der Waals surface area contributed by atoms with E-state index in [1.54, 1.807) is 20.8 Å². The van der Waals surface area contributed by atoms with Crippen LogP contribution in [0.3, 0.4) is 0 Å². The number of alkyl carbamates (subject to hydrolysis) is 1. The molecule has 0 spiro atoms. The second-order valence-electron chi connectivity index (χ2n) is 8.10. The van der Waals surface area contributed by atoms with Crippen molar-refractivity contribution in [3.05, 3.63) is 35.9 Å². The molecular formula is C21H32N2O5. The molecule has 1 rings (SSSR count). The number of methoxy groups -OCH3 is 1. The van der Waals surface area contributed by atoms with E-state index in [4.69, 9.17) is 9.47 Å². The Morgan fingerprint density at radius 1 is 1.00 bits per heavy atom. The van der Waals surface area contributed by atoms with Gasteiger partial charge in [-0.25, -0.2) is 9.59 Å². The van der Waals surface area contributed by atoms with Crippen molar-refractivity contribution < 1.29 is 23.9 Å². The Balaban J connectivity index is 2.88. The van der Waals surface area contributed by atoms with Crippen LogP contribution in [-0.2, 0) is 25.5 Å². The van der Waals surface area contributed by atoms with Gasteiger partial charge in [-0.2, -0.15) is 0 Å². The van der Waals surface area contributed by atoms with E-state index in [2.05, 4.69) is 10.6 Å². The highest BCUT2D eigenvalue weighted by Gasteiger charge is 2.29. The number of nitrogens with one attached hydrogen (secondary N) is 2. The molecule has 2 atom stereocenters. The molecule has 28 heavy (non-hydrogen) atoms. The van der Waals surface area contributed by atoms with Gasteiger partial charge < -0.3 is 20.1 Å². The monoisotopic (exact) mass is 392 g/mol. The van der Waals surface area contributed by atoms with Crippen LogP contribution in [0.2, 0.25) is 0 Å². The maximum atomic E-state index is 12.8. The molecule has 7 nitrogen and oxygen atoms in total. The van der Waals surface area contributed by atoms with E-state index in [1.807, 2.05) is 44.2 Å². The lowest BCUT2D eigenvalue weighted by Gasteiger charge is -2.25. The summed E-state index contributed by atoms with van der Waals surface area (Å²) in [6.07, 6.45) is 0.0238. The van der Waals surface area contributed by atoms with Crippen LogP contribution in [0.5, 0.6) is 0 Å². The van der Waals surface area contributed by atoms with Crippen LogP contribution in [0.15, 0.2) is 30.3 Å². The summed E-state index contributed by atoms with van der Waals surface area (Å²) in [5.41, 5.74) is 0.212. The van der Waals surface area contributed by atoms with E-state index in [0.29, 0.717) is 12.8 Å².